The van der Waals surface area contributed by atoms with Crippen molar-refractivity contribution in [2.75, 3.05) is 5.32 Å². The third-order valence-corrected chi connectivity index (χ3v) is 4.43. The van der Waals surface area contributed by atoms with Gasteiger partial charge >= 0.3 is 5.97 Å². The maximum atomic E-state index is 12.8. The maximum Gasteiger partial charge on any atom is 0.330 e. The summed E-state index contributed by atoms with van der Waals surface area (Å²) in [4.78, 5) is 36.5. The zero-order valence-electron chi connectivity index (χ0n) is 14.6. The van der Waals surface area contributed by atoms with E-state index in [4.69, 9.17) is 0 Å². The minimum absolute atomic E-state index is 0.0119. The first-order chi connectivity index (χ1) is 12.3. The molecule has 2 unspecified atom stereocenters. The number of benzene rings is 2. The molecule has 0 bridgehead atoms. The Morgan fingerprint density at radius 2 is 1.81 bits per heavy atom. The molecule has 1 aliphatic heterocycles. The third kappa shape index (κ3) is 3.59. The van der Waals surface area contributed by atoms with Gasteiger partial charge in [-0.1, -0.05) is 47.5 Å². The first-order valence-electron chi connectivity index (χ1n) is 8.35. The first-order valence-corrected chi connectivity index (χ1v) is 8.35. The summed E-state index contributed by atoms with van der Waals surface area (Å²) in [6, 6.07) is 11.3. The van der Waals surface area contributed by atoms with Crippen LogP contribution in [0.4, 0.5) is 5.69 Å². The van der Waals surface area contributed by atoms with Crippen LogP contribution in [-0.4, -0.2) is 22.9 Å². The van der Waals surface area contributed by atoms with Gasteiger partial charge in [-0.3, -0.25) is 9.59 Å². The van der Waals surface area contributed by atoms with Gasteiger partial charge in [-0.05, 0) is 31.0 Å². The smallest absolute Gasteiger partial charge is 0.330 e. The van der Waals surface area contributed by atoms with Gasteiger partial charge in [0.05, 0.1) is 5.92 Å². The van der Waals surface area contributed by atoms with Crippen LogP contribution < -0.4 is 10.6 Å². The minimum atomic E-state index is -1.17. The number of hydrogen-bond acceptors (Lipinski definition) is 3. The summed E-state index contributed by atoms with van der Waals surface area (Å²) in [5.74, 6) is -2.59. The van der Waals surface area contributed by atoms with Gasteiger partial charge in [0.2, 0.25) is 11.8 Å². The van der Waals surface area contributed by atoms with Crippen molar-refractivity contribution in [3.63, 3.8) is 0 Å². The van der Waals surface area contributed by atoms with Crippen LogP contribution in [0.1, 0.15) is 40.6 Å². The highest BCUT2D eigenvalue weighted by molar-refractivity contribution is 6.01. The number of carboxylic acids is 1. The van der Waals surface area contributed by atoms with Crippen molar-refractivity contribution in [1.82, 2.24) is 5.32 Å². The number of aryl methyl sites for hydroxylation is 2. The SMILES string of the molecule is Cc1cc(C)cc(C(NC(=O)C2CC(=O)Nc3ccccc32)C(=O)O)c1. The van der Waals surface area contributed by atoms with Crippen molar-refractivity contribution in [3.8, 4) is 0 Å². The zero-order valence-corrected chi connectivity index (χ0v) is 14.6. The Morgan fingerprint density at radius 3 is 2.46 bits per heavy atom. The molecule has 26 heavy (non-hydrogen) atoms. The summed E-state index contributed by atoms with van der Waals surface area (Å²) >= 11 is 0. The first kappa shape index (κ1) is 17.7. The topological polar surface area (TPSA) is 95.5 Å². The lowest BCUT2D eigenvalue weighted by Crippen LogP contribution is -2.39. The standard InChI is InChI=1S/C20H20N2O4/c1-11-7-12(2)9-13(8-11)18(20(25)26)22-19(24)15-10-17(23)21-16-6-4-3-5-14(15)16/h3-9,15,18H,10H2,1-2H3,(H,21,23)(H,22,24)(H,25,26). The predicted octanol–water partition coefficient (Wildman–Crippen LogP) is 2.67. The van der Waals surface area contributed by atoms with Crippen molar-refractivity contribution in [1.29, 1.82) is 0 Å². The third-order valence-electron chi connectivity index (χ3n) is 4.43. The van der Waals surface area contributed by atoms with Crippen molar-refractivity contribution in [2.45, 2.75) is 32.2 Å². The second-order valence-electron chi connectivity index (χ2n) is 6.59. The molecule has 0 radical (unpaired) electrons. The van der Waals surface area contributed by atoms with Gasteiger partial charge < -0.3 is 15.7 Å². The van der Waals surface area contributed by atoms with E-state index < -0.39 is 23.8 Å². The Morgan fingerprint density at radius 1 is 1.15 bits per heavy atom. The van der Waals surface area contributed by atoms with Gasteiger partial charge in [0.15, 0.2) is 6.04 Å². The van der Waals surface area contributed by atoms with Crippen molar-refractivity contribution < 1.29 is 19.5 Å². The number of nitrogens with one attached hydrogen (secondary N) is 2. The number of amides is 2. The largest absolute Gasteiger partial charge is 0.479 e. The molecule has 1 heterocycles. The minimum Gasteiger partial charge on any atom is -0.479 e. The Kier molecular flexibility index (Phi) is 4.75. The van der Waals surface area contributed by atoms with Crippen LogP contribution in [0.3, 0.4) is 0 Å². The quantitative estimate of drug-likeness (QED) is 0.788. The number of anilines is 1. The Labute approximate surface area is 151 Å². The molecule has 2 aromatic rings. The number of rotatable bonds is 4. The second-order valence-corrected chi connectivity index (χ2v) is 6.59. The molecule has 6 nitrogen and oxygen atoms in total. The van der Waals surface area contributed by atoms with E-state index in [1.807, 2.05) is 19.9 Å². The van der Waals surface area contributed by atoms with Gasteiger partial charge in [-0.2, -0.15) is 0 Å². The molecule has 6 heteroatoms. The number of aliphatic carboxylic acids is 1. The van der Waals surface area contributed by atoms with Crippen LogP contribution in [0.15, 0.2) is 42.5 Å². The average molecular weight is 352 g/mol. The molecule has 0 saturated heterocycles. The summed E-state index contributed by atoms with van der Waals surface area (Å²) in [5, 5.41) is 14.9. The fourth-order valence-electron chi connectivity index (χ4n) is 3.35. The fourth-order valence-corrected chi connectivity index (χ4v) is 3.35. The van der Waals surface area contributed by atoms with Crippen LogP contribution in [-0.2, 0) is 14.4 Å². The number of fused-ring (bicyclic) bond motifs is 1. The van der Waals surface area contributed by atoms with E-state index in [1.165, 1.54) is 0 Å². The normalized spacial score (nSPS) is 17.0. The molecule has 0 aliphatic carbocycles. The van der Waals surface area contributed by atoms with Gasteiger partial charge in [0, 0.05) is 12.1 Å². The van der Waals surface area contributed by atoms with E-state index in [-0.39, 0.29) is 12.3 Å². The molecule has 3 rings (SSSR count). The Balaban J connectivity index is 1.90. The van der Waals surface area contributed by atoms with Crippen LogP contribution in [0.2, 0.25) is 0 Å². The fraction of sp³-hybridized carbons (Fsp3) is 0.250. The second kappa shape index (κ2) is 7.00. The predicted molar refractivity (Wildman–Crippen MR) is 96.9 cm³/mol. The Hall–Kier alpha value is -3.15. The number of para-hydroxylation sites is 1. The van der Waals surface area contributed by atoms with Gasteiger partial charge in [0.25, 0.3) is 0 Å². The van der Waals surface area contributed by atoms with E-state index >= 15 is 0 Å². The van der Waals surface area contributed by atoms with Crippen LogP contribution in [0.5, 0.6) is 0 Å². The molecular formula is C20H20N2O4. The van der Waals surface area contributed by atoms with Gasteiger partial charge in [0.1, 0.15) is 0 Å². The van der Waals surface area contributed by atoms with E-state index in [1.54, 1.807) is 36.4 Å². The van der Waals surface area contributed by atoms with E-state index in [0.717, 1.165) is 11.1 Å². The summed E-state index contributed by atoms with van der Waals surface area (Å²) in [7, 11) is 0. The lowest BCUT2D eigenvalue weighted by atomic mass is 9.89. The van der Waals surface area contributed by atoms with Crippen molar-refractivity contribution in [3.05, 3.63) is 64.7 Å². The van der Waals surface area contributed by atoms with E-state index in [2.05, 4.69) is 10.6 Å². The molecule has 2 amide bonds. The van der Waals surface area contributed by atoms with Gasteiger partial charge in [-0.15, -0.1) is 0 Å². The zero-order chi connectivity index (χ0) is 18.8. The number of carboxylic acid groups (broad SMARTS) is 1. The van der Waals surface area contributed by atoms with Crippen LogP contribution in [0.25, 0.3) is 0 Å². The molecule has 1 aliphatic rings. The molecule has 2 atom stereocenters. The molecule has 0 aromatic heterocycles. The van der Waals surface area contributed by atoms with Crippen LogP contribution in [0, 0.1) is 13.8 Å². The van der Waals surface area contributed by atoms with E-state index in [0.29, 0.717) is 16.8 Å². The van der Waals surface area contributed by atoms with Crippen molar-refractivity contribution in [2.24, 2.45) is 0 Å². The summed E-state index contributed by atoms with van der Waals surface area (Å²) in [6.45, 7) is 3.75. The molecule has 3 N–H and O–H groups in total. The van der Waals surface area contributed by atoms with Gasteiger partial charge in [-0.25, -0.2) is 4.79 Å². The number of carbonyl (C=O) groups excluding carboxylic acids is 2. The molecule has 0 spiro atoms. The van der Waals surface area contributed by atoms with E-state index in [9.17, 15) is 19.5 Å². The summed E-state index contributed by atoms with van der Waals surface area (Å²) < 4.78 is 0. The summed E-state index contributed by atoms with van der Waals surface area (Å²) in [5.41, 5.74) is 3.62. The van der Waals surface area contributed by atoms with Crippen molar-refractivity contribution >= 4 is 23.5 Å². The highest BCUT2D eigenvalue weighted by Crippen LogP contribution is 2.32. The highest BCUT2D eigenvalue weighted by atomic mass is 16.4. The van der Waals surface area contributed by atoms with Crippen LogP contribution >= 0.6 is 0 Å². The molecular weight excluding hydrogens is 332 g/mol. The monoisotopic (exact) mass is 352 g/mol. The molecule has 2 aromatic carbocycles. The maximum absolute atomic E-state index is 12.8. The number of hydrogen-bond donors (Lipinski definition) is 3. The Bertz CT molecular complexity index is 871. The molecule has 0 saturated carbocycles. The molecule has 134 valence electrons. The average Bonchev–Trinajstić information content (AvgIpc) is 2.57. The summed E-state index contributed by atoms with van der Waals surface area (Å²) in [6.07, 6.45) is -0.0119. The lowest BCUT2D eigenvalue weighted by Gasteiger charge is -2.26. The molecule has 0 fully saturated rings. The lowest BCUT2D eigenvalue weighted by molar-refractivity contribution is -0.142. The highest BCUT2D eigenvalue weighted by Gasteiger charge is 2.33. The number of carbonyl (C=O) groups is 3.